The first-order chi connectivity index (χ1) is 6.57. The molecule has 0 rings (SSSR count). The van der Waals surface area contributed by atoms with E-state index in [1.165, 1.54) is 12.8 Å². The Morgan fingerprint density at radius 1 is 1.43 bits per heavy atom. The number of rotatable bonds is 7. The molecule has 1 amide bonds. The summed E-state index contributed by atoms with van der Waals surface area (Å²) in [5, 5.41) is 3.41. The number of hydrogen-bond acceptors (Lipinski definition) is 2. The topological polar surface area (TPSA) is 32.3 Å². The lowest BCUT2D eigenvalue weighted by molar-refractivity contribution is -0.128. The molecular formula is C11H24N2O. The molecule has 0 radical (unpaired) electrons. The van der Waals surface area contributed by atoms with E-state index in [0.717, 1.165) is 13.0 Å². The normalized spacial score (nSPS) is 12.6. The molecule has 0 bridgehead atoms. The van der Waals surface area contributed by atoms with Crippen molar-refractivity contribution in [1.82, 2.24) is 10.2 Å². The predicted octanol–water partition coefficient (Wildman–Crippen LogP) is 1.63. The van der Waals surface area contributed by atoms with E-state index in [0.29, 0.717) is 12.5 Å². The van der Waals surface area contributed by atoms with Crippen LogP contribution in [0.15, 0.2) is 0 Å². The van der Waals surface area contributed by atoms with Crippen LogP contribution in [0.5, 0.6) is 0 Å². The third-order valence-electron chi connectivity index (χ3n) is 2.28. The summed E-state index contributed by atoms with van der Waals surface area (Å²) < 4.78 is 0. The number of nitrogens with zero attached hydrogens (tertiary/aromatic N) is 1. The van der Waals surface area contributed by atoms with E-state index >= 15 is 0 Å². The van der Waals surface area contributed by atoms with Gasteiger partial charge in [-0.3, -0.25) is 4.79 Å². The second-order valence-electron chi connectivity index (χ2n) is 4.04. The zero-order chi connectivity index (χ0) is 11.0. The van der Waals surface area contributed by atoms with Crippen molar-refractivity contribution in [2.24, 2.45) is 0 Å². The number of hydrogen-bond donors (Lipinski definition) is 1. The molecule has 84 valence electrons. The minimum Gasteiger partial charge on any atom is -0.349 e. The Hall–Kier alpha value is -0.570. The molecule has 1 unspecified atom stereocenters. The third-order valence-corrected chi connectivity index (χ3v) is 2.28. The SMILES string of the molecule is CCCC(C)NCCCC(=O)N(C)C. The summed E-state index contributed by atoms with van der Waals surface area (Å²) in [6, 6.07) is 0.578. The summed E-state index contributed by atoms with van der Waals surface area (Å²) in [5.74, 6) is 0.218. The van der Waals surface area contributed by atoms with E-state index < -0.39 is 0 Å². The van der Waals surface area contributed by atoms with Crippen LogP contribution in [-0.4, -0.2) is 37.5 Å². The van der Waals surface area contributed by atoms with Crippen LogP contribution in [0.4, 0.5) is 0 Å². The summed E-state index contributed by atoms with van der Waals surface area (Å²) in [6.45, 7) is 5.33. The first-order valence-corrected chi connectivity index (χ1v) is 5.51. The second kappa shape index (κ2) is 7.80. The standard InChI is InChI=1S/C11H24N2O/c1-5-7-10(2)12-9-6-8-11(14)13(3)4/h10,12H,5-9H2,1-4H3. The summed E-state index contributed by atoms with van der Waals surface area (Å²) in [6.07, 6.45) is 4.01. The molecule has 0 saturated heterocycles. The fourth-order valence-corrected chi connectivity index (χ4v) is 1.35. The van der Waals surface area contributed by atoms with Gasteiger partial charge in [0, 0.05) is 26.6 Å². The number of nitrogens with one attached hydrogen (secondary N) is 1. The maximum absolute atomic E-state index is 11.2. The van der Waals surface area contributed by atoms with E-state index in [1.54, 1.807) is 19.0 Å². The highest BCUT2D eigenvalue weighted by atomic mass is 16.2. The predicted molar refractivity (Wildman–Crippen MR) is 60.3 cm³/mol. The van der Waals surface area contributed by atoms with Gasteiger partial charge in [0.15, 0.2) is 0 Å². The Kier molecular flexibility index (Phi) is 7.48. The molecule has 0 saturated carbocycles. The average molecular weight is 200 g/mol. The summed E-state index contributed by atoms with van der Waals surface area (Å²) in [7, 11) is 3.60. The molecule has 0 heterocycles. The van der Waals surface area contributed by atoms with Crippen LogP contribution in [0.3, 0.4) is 0 Å². The van der Waals surface area contributed by atoms with E-state index in [4.69, 9.17) is 0 Å². The van der Waals surface area contributed by atoms with Gasteiger partial charge in [0.2, 0.25) is 5.91 Å². The lowest BCUT2D eigenvalue weighted by Gasteiger charge is -2.13. The molecular weight excluding hydrogens is 176 g/mol. The van der Waals surface area contributed by atoms with Crippen LogP contribution >= 0.6 is 0 Å². The maximum atomic E-state index is 11.2. The molecule has 0 aromatic heterocycles. The zero-order valence-corrected chi connectivity index (χ0v) is 9.97. The average Bonchev–Trinajstić information content (AvgIpc) is 2.12. The minimum atomic E-state index is 0.218. The van der Waals surface area contributed by atoms with Gasteiger partial charge in [-0.2, -0.15) is 0 Å². The summed E-state index contributed by atoms with van der Waals surface area (Å²) >= 11 is 0. The Bertz CT molecular complexity index is 157. The van der Waals surface area contributed by atoms with Crippen molar-refractivity contribution in [2.75, 3.05) is 20.6 Å². The molecule has 1 atom stereocenters. The molecule has 14 heavy (non-hydrogen) atoms. The fourth-order valence-electron chi connectivity index (χ4n) is 1.35. The monoisotopic (exact) mass is 200 g/mol. The van der Waals surface area contributed by atoms with Gasteiger partial charge < -0.3 is 10.2 Å². The van der Waals surface area contributed by atoms with E-state index in [2.05, 4.69) is 19.2 Å². The summed E-state index contributed by atoms with van der Waals surface area (Å²) in [4.78, 5) is 12.9. The lowest BCUT2D eigenvalue weighted by atomic mass is 10.2. The highest BCUT2D eigenvalue weighted by Gasteiger charge is 2.03. The van der Waals surface area contributed by atoms with Crippen molar-refractivity contribution in [3.05, 3.63) is 0 Å². The molecule has 1 N–H and O–H groups in total. The molecule has 0 aromatic carbocycles. The van der Waals surface area contributed by atoms with Crippen LogP contribution in [0.2, 0.25) is 0 Å². The van der Waals surface area contributed by atoms with E-state index in [-0.39, 0.29) is 5.91 Å². The largest absolute Gasteiger partial charge is 0.349 e. The van der Waals surface area contributed by atoms with Gasteiger partial charge in [0.05, 0.1) is 0 Å². The molecule has 0 aromatic rings. The molecule has 0 spiro atoms. The third kappa shape index (κ3) is 6.89. The molecule has 0 aliphatic carbocycles. The zero-order valence-electron chi connectivity index (χ0n) is 9.97. The molecule has 0 aliphatic heterocycles. The van der Waals surface area contributed by atoms with Gasteiger partial charge in [-0.25, -0.2) is 0 Å². The van der Waals surface area contributed by atoms with Crippen molar-refractivity contribution >= 4 is 5.91 Å². The van der Waals surface area contributed by atoms with Crippen molar-refractivity contribution < 1.29 is 4.79 Å². The maximum Gasteiger partial charge on any atom is 0.222 e. The first-order valence-electron chi connectivity index (χ1n) is 5.51. The second-order valence-corrected chi connectivity index (χ2v) is 4.04. The number of carbonyl (C=O) groups excluding carboxylic acids is 1. The van der Waals surface area contributed by atoms with Gasteiger partial charge in [-0.1, -0.05) is 13.3 Å². The fraction of sp³-hybridized carbons (Fsp3) is 0.909. The highest BCUT2D eigenvalue weighted by Crippen LogP contribution is 1.96. The quantitative estimate of drug-likeness (QED) is 0.634. The molecule has 3 heteroatoms. The van der Waals surface area contributed by atoms with Crippen LogP contribution in [0.1, 0.15) is 39.5 Å². The Morgan fingerprint density at radius 2 is 2.07 bits per heavy atom. The van der Waals surface area contributed by atoms with Crippen LogP contribution < -0.4 is 5.32 Å². The molecule has 0 aliphatic rings. The minimum absolute atomic E-state index is 0.218. The van der Waals surface area contributed by atoms with Gasteiger partial charge in [0.25, 0.3) is 0 Å². The molecule has 3 nitrogen and oxygen atoms in total. The lowest BCUT2D eigenvalue weighted by Crippen LogP contribution is -2.28. The number of amides is 1. The summed E-state index contributed by atoms with van der Waals surface area (Å²) in [5.41, 5.74) is 0. The number of carbonyl (C=O) groups is 1. The highest BCUT2D eigenvalue weighted by molar-refractivity contribution is 5.75. The van der Waals surface area contributed by atoms with Crippen molar-refractivity contribution in [1.29, 1.82) is 0 Å². The van der Waals surface area contributed by atoms with Gasteiger partial charge in [-0.15, -0.1) is 0 Å². The van der Waals surface area contributed by atoms with Crippen LogP contribution in [0, 0.1) is 0 Å². The van der Waals surface area contributed by atoms with Gasteiger partial charge in [0.1, 0.15) is 0 Å². The van der Waals surface area contributed by atoms with E-state index in [1.807, 2.05) is 0 Å². The van der Waals surface area contributed by atoms with Crippen LogP contribution in [-0.2, 0) is 4.79 Å². The smallest absolute Gasteiger partial charge is 0.222 e. The van der Waals surface area contributed by atoms with E-state index in [9.17, 15) is 4.79 Å². The Morgan fingerprint density at radius 3 is 2.57 bits per heavy atom. The van der Waals surface area contributed by atoms with Crippen molar-refractivity contribution in [2.45, 2.75) is 45.6 Å². The van der Waals surface area contributed by atoms with Crippen molar-refractivity contribution in [3.8, 4) is 0 Å². The first kappa shape index (κ1) is 13.4. The van der Waals surface area contributed by atoms with Gasteiger partial charge in [-0.05, 0) is 26.3 Å². The Balaban J connectivity index is 3.33. The van der Waals surface area contributed by atoms with Gasteiger partial charge >= 0.3 is 0 Å². The Labute approximate surface area is 87.9 Å². The van der Waals surface area contributed by atoms with Crippen molar-refractivity contribution in [3.63, 3.8) is 0 Å². The molecule has 0 fully saturated rings. The van der Waals surface area contributed by atoms with Crippen LogP contribution in [0.25, 0.3) is 0 Å².